The number of ether oxygens (including phenoxy) is 1. The van der Waals surface area contributed by atoms with Crippen LogP contribution in [-0.2, 0) is 0 Å². The minimum absolute atomic E-state index is 0.227. The number of halogens is 1. The fraction of sp³-hybridized carbons (Fsp3) is 0.500. The highest BCUT2D eigenvalue weighted by Crippen LogP contribution is 2.25. The number of hydrogen-bond donors (Lipinski definition) is 1. The monoisotopic (exact) mass is 262 g/mol. The lowest BCUT2D eigenvalue weighted by Gasteiger charge is -2.21. The van der Waals surface area contributed by atoms with Crippen LogP contribution in [0.1, 0.15) is 37.7 Å². The molecule has 1 aliphatic carbocycles. The third kappa shape index (κ3) is 4.57. The second-order valence-electron chi connectivity index (χ2n) is 4.95. The van der Waals surface area contributed by atoms with Crippen molar-refractivity contribution in [1.82, 2.24) is 0 Å². The summed E-state index contributed by atoms with van der Waals surface area (Å²) in [5.41, 5.74) is 0.535. The lowest BCUT2D eigenvalue weighted by atomic mass is 9.90. The summed E-state index contributed by atoms with van der Waals surface area (Å²) in [6, 6.07) is 4.44. The van der Waals surface area contributed by atoms with Crippen molar-refractivity contribution in [2.75, 3.05) is 13.2 Å². The normalized spacial score (nSPS) is 15.7. The first-order valence-electron chi connectivity index (χ1n) is 6.81. The fourth-order valence-corrected chi connectivity index (χ4v) is 2.43. The van der Waals surface area contributed by atoms with Crippen molar-refractivity contribution in [2.45, 2.75) is 32.1 Å². The van der Waals surface area contributed by atoms with Crippen LogP contribution in [0.2, 0.25) is 0 Å². The number of aliphatic hydroxyl groups excluding tert-OH is 1. The standard InChI is InChI=1S/C16H19FO2/c17-15-9-14(7-4-8-18)10-16(11-15)19-12-13-5-2-1-3-6-13/h9-11,13,18H,1-3,5-6,8,12H2. The molecule has 1 aromatic rings. The van der Waals surface area contributed by atoms with Gasteiger partial charge in [0.15, 0.2) is 0 Å². The third-order valence-electron chi connectivity index (χ3n) is 3.39. The summed E-state index contributed by atoms with van der Waals surface area (Å²) < 4.78 is 19.1. The molecule has 0 amide bonds. The molecule has 0 saturated heterocycles. The molecule has 0 heterocycles. The van der Waals surface area contributed by atoms with Gasteiger partial charge in [0.1, 0.15) is 18.2 Å². The molecule has 1 fully saturated rings. The second-order valence-corrected chi connectivity index (χ2v) is 4.95. The van der Waals surface area contributed by atoms with Gasteiger partial charge < -0.3 is 9.84 Å². The first kappa shape index (κ1) is 13.9. The summed E-state index contributed by atoms with van der Waals surface area (Å²) in [6.07, 6.45) is 6.26. The van der Waals surface area contributed by atoms with Crippen LogP contribution in [0, 0.1) is 23.6 Å². The van der Waals surface area contributed by atoms with E-state index in [4.69, 9.17) is 9.84 Å². The maximum absolute atomic E-state index is 13.4. The zero-order chi connectivity index (χ0) is 13.5. The molecular formula is C16H19FO2. The van der Waals surface area contributed by atoms with Crippen molar-refractivity contribution in [3.8, 4) is 17.6 Å². The average molecular weight is 262 g/mol. The van der Waals surface area contributed by atoms with Crippen molar-refractivity contribution in [3.63, 3.8) is 0 Å². The molecule has 19 heavy (non-hydrogen) atoms. The summed E-state index contributed by atoms with van der Waals surface area (Å²) in [5.74, 6) is 5.95. The van der Waals surface area contributed by atoms with Crippen molar-refractivity contribution in [2.24, 2.45) is 5.92 Å². The van der Waals surface area contributed by atoms with Gasteiger partial charge >= 0.3 is 0 Å². The molecule has 0 bridgehead atoms. The van der Waals surface area contributed by atoms with E-state index < -0.39 is 0 Å². The molecule has 2 rings (SSSR count). The quantitative estimate of drug-likeness (QED) is 0.848. The van der Waals surface area contributed by atoms with Crippen LogP contribution in [0.15, 0.2) is 18.2 Å². The first-order chi connectivity index (χ1) is 9.28. The first-order valence-corrected chi connectivity index (χ1v) is 6.81. The van der Waals surface area contributed by atoms with E-state index in [2.05, 4.69) is 11.8 Å². The highest BCUT2D eigenvalue weighted by Gasteiger charge is 2.14. The summed E-state index contributed by atoms with van der Waals surface area (Å²) in [5, 5.41) is 8.64. The van der Waals surface area contributed by atoms with Gasteiger partial charge in [-0.15, -0.1) is 0 Å². The molecule has 0 radical (unpaired) electrons. The summed E-state index contributed by atoms with van der Waals surface area (Å²) in [6.45, 7) is 0.422. The Morgan fingerprint density at radius 1 is 1.21 bits per heavy atom. The van der Waals surface area contributed by atoms with Crippen molar-refractivity contribution in [1.29, 1.82) is 0 Å². The summed E-state index contributed by atoms with van der Waals surface area (Å²) >= 11 is 0. The van der Waals surface area contributed by atoms with Crippen molar-refractivity contribution in [3.05, 3.63) is 29.6 Å². The molecule has 1 aromatic carbocycles. The van der Waals surface area contributed by atoms with Crippen LogP contribution in [0.25, 0.3) is 0 Å². The average Bonchev–Trinajstić information content (AvgIpc) is 2.43. The predicted molar refractivity (Wildman–Crippen MR) is 72.4 cm³/mol. The van der Waals surface area contributed by atoms with Gasteiger partial charge in [-0.3, -0.25) is 0 Å². The topological polar surface area (TPSA) is 29.5 Å². The molecule has 102 valence electrons. The van der Waals surface area contributed by atoms with Gasteiger partial charge in [-0.2, -0.15) is 0 Å². The number of hydrogen-bond acceptors (Lipinski definition) is 2. The molecule has 1 N–H and O–H groups in total. The molecule has 2 nitrogen and oxygen atoms in total. The molecule has 1 aliphatic rings. The van der Waals surface area contributed by atoms with E-state index in [1.54, 1.807) is 6.07 Å². The maximum atomic E-state index is 13.4. The largest absolute Gasteiger partial charge is 0.493 e. The smallest absolute Gasteiger partial charge is 0.128 e. The zero-order valence-corrected chi connectivity index (χ0v) is 11.0. The molecule has 0 spiro atoms. The Labute approximate surface area is 113 Å². The minimum atomic E-state index is -0.358. The van der Waals surface area contributed by atoms with Crippen molar-refractivity contribution < 1.29 is 14.2 Å². The Hall–Kier alpha value is -1.53. The predicted octanol–water partition coefficient (Wildman–Crippen LogP) is 3.13. The van der Waals surface area contributed by atoms with Gasteiger partial charge in [0.05, 0.1) is 6.61 Å². The molecule has 0 aromatic heterocycles. The van der Waals surface area contributed by atoms with E-state index in [-0.39, 0.29) is 12.4 Å². The molecule has 0 aliphatic heterocycles. The number of aliphatic hydroxyl groups is 1. The number of benzene rings is 1. The van der Waals surface area contributed by atoms with Crippen LogP contribution < -0.4 is 4.74 Å². The Morgan fingerprint density at radius 3 is 2.74 bits per heavy atom. The van der Waals surface area contributed by atoms with Gasteiger partial charge in [-0.25, -0.2) is 4.39 Å². The van der Waals surface area contributed by atoms with Crippen LogP contribution >= 0.6 is 0 Å². The highest BCUT2D eigenvalue weighted by molar-refractivity contribution is 5.40. The molecular weight excluding hydrogens is 243 g/mol. The van der Waals surface area contributed by atoms with Gasteiger partial charge in [0.25, 0.3) is 0 Å². The van der Waals surface area contributed by atoms with Crippen LogP contribution in [-0.4, -0.2) is 18.3 Å². The van der Waals surface area contributed by atoms with E-state index in [1.165, 1.54) is 44.2 Å². The van der Waals surface area contributed by atoms with E-state index >= 15 is 0 Å². The Bertz CT molecular complexity index is 467. The number of rotatable bonds is 3. The molecule has 3 heteroatoms. The zero-order valence-electron chi connectivity index (χ0n) is 11.0. The van der Waals surface area contributed by atoms with E-state index in [0.717, 1.165) is 0 Å². The lowest BCUT2D eigenvalue weighted by Crippen LogP contribution is -2.15. The Morgan fingerprint density at radius 2 is 2.00 bits per heavy atom. The second kappa shape index (κ2) is 7.16. The van der Waals surface area contributed by atoms with Crippen LogP contribution in [0.3, 0.4) is 0 Å². The van der Waals surface area contributed by atoms with Crippen LogP contribution in [0.5, 0.6) is 5.75 Å². The Kier molecular flexibility index (Phi) is 5.23. The maximum Gasteiger partial charge on any atom is 0.128 e. The van der Waals surface area contributed by atoms with Crippen molar-refractivity contribution >= 4 is 0 Å². The van der Waals surface area contributed by atoms with Gasteiger partial charge in [0.2, 0.25) is 0 Å². The molecule has 0 unspecified atom stereocenters. The fourth-order valence-electron chi connectivity index (χ4n) is 2.43. The highest BCUT2D eigenvalue weighted by atomic mass is 19.1. The molecule has 1 saturated carbocycles. The van der Waals surface area contributed by atoms with E-state index in [1.807, 2.05) is 0 Å². The third-order valence-corrected chi connectivity index (χ3v) is 3.39. The van der Waals surface area contributed by atoms with Crippen LogP contribution in [0.4, 0.5) is 4.39 Å². The van der Waals surface area contributed by atoms with Gasteiger partial charge in [0, 0.05) is 11.6 Å². The summed E-state index contributed by atoms with van der Waals surface area (Å²) in [7, 11) is 0. The summed E-state index contributed by atoms with van der Waals surface area (Å²) in [4.78, 5) is 0. The molecule has 0 atom stereocenters. The van der Waals surface area contributed by atoms with Gasteiger partial charge in [-0.1, -0.05) is 31.1 Å². The Balaban J connectivity index is 1.97. The van der Waals surface area contributed by atoms with E-state index in [9.17, 15) is 4.39 Å². The lowest BCUT2D eigenvalue weighted by molar-refractivity contribution is 0.208. The SMILES string of the molecule is OCC#Cc1cc(F)cc(OCC2CCCCC2)c1. The minimum Gasteiger partial charge on any atom is -0.493 e. The van der Waals surface area contributed by atoms with E-state index in [0.29, 0.717) is 23.8 Å². The van der Waals surface area contributed by atoms with Gasteiger partial charge in [-0.05, 0) is 30.9 Å².